The summed E-state index contributed by atoms with van der Waals surface area (Å²) >= 11 is 0.769. The van der Waals surface area contributed by atoms with Crippen molar-refractivity contribution in [3.8, 4) is 5.75 Å². The zero-order valence-corrected chi connectivity index (χ0v) is 28.9. The van der Waals surface area contributed by atoms with Crippen LogP contribution in [0.15, 0.2) is 39.2 Å². The number of nitrogens with zero attached hydrogens (tertiary/aromatic N) is 5. The average Bonchev–Trinajstić information content (AvgIpc) is 3.47. The van der Waals surface area contributed by atoms with Gasteiger partial charge in [-0.1, -0.05) is 0 Å². The molecule has 1 fully saturated rings. The molecule has 4 aromatic rings. The minimum absolute atomic E-state index is 0.0662. The van der Waals surface area contributed by atoms with Crippen molar-refractivity contribution in [2.24, 2.45) is 0 Å². The van der Waals surface area contributed by atoms with Crippen LogP contribution in [0.3, 0.4) is 0 Å². The molecule has 0 radical (unpaired) electrons. The molecule has 0 bridgehead atoms. The number of H-pyrrole nitrogens is 1. The van der Waals surface area contributed by atoms with Crippen molar-refractivity contribution in [2.75, 3.05) is 44.5 Å². The third-order valence-corrected chi connectivity index (χ3v) is 11.7. The monoisotopic (exact) mass is 729 g/mol. The third-order valence-electron chi connectivity index (χ3n) is 8.38. The van der Waals surface area contributed by atoms with Crippen molar-refractivity contribution >= 4 is 39.1 Å². The molecule has 264 valence electrons. The van der Waals surface area contributed by atoms with Crippen LogP contribution >= 0.6 is 11.8 Å². The average molecular weight is 730 g/mol. The molecule has 1 saturated heterocycles. The van der Waals surface area contributed by atoms with Crippen molar-refractivity contribution in [1.82, 2.24) is 25.1 Å². The maximum absolute atomic E-state index is 15.6. The zero-order chi connectivity index (χ0) is 36.0. The number of hydrogen-bond donors (Lipinski definition) is 2. The number of sulfone groups is 1. The first-order chi connectivity index (χ1) is 23.0. The van der Waals surface area contributed by atoms with Crippen LogP contribution in [0.1, 0.15) is 37.9 Å². The lowest BCUT2D eigenvalue weighted by atomic mass is 10.00. The lowest BCUT2D eigenvalue weighted by molar-refractivity contribution is 0.248. The number of methoxy groups -OCH3 is 1. The number of aryl methyl sites for hydroxylation is 1. The van der Waals surface area contributed by atoms with E-state index in [0.29, 0.717) is 42.6 Å². The molecule has 0 amide bonds. The lowest BCUT2D eigenvalue weighted by Crippen LogP contribution is -2.42. The van der Waals surface area contributed by atoms with Crippen molar-refractivity contribution in [1.29, 1.82) is 0 Å². The Kier molecular flexibility index (Phi) is 10.1. The summed E-state index contributed by atoms with van der Waals surface area (Å²) in [7, 11) is 0.556. The second kappa shape index (κ2) is 13.7. The molecule has 2 aromatic heterocycles. The molecule has 0 spiro atoms. The number of anilines is 3. The molecule has 10 nitrogen and oxygen atoms in total. The van der Waals surface area contributed by atoms with E-state index >= 15 is 4.39 Å². The number of hydrogen-bond acceptors (Lipinski definition) is 10. The summed E-state index contributed by atoms with van der Waals surface area (Å²) in [6.45, 7) is 4.63. The van der Waals surface area contributed by atoms with Crippen LogP contribution in [-0.2, 0) is 14.6 Å². The highest BCUT2D eigenvalue weighted by atomic mass is 32.2. The van der Waals surface area contributed by atoms with Gasteiger partial charge in [-0.2, -0.15) is 5.10 Å². The predicted molar refractivity (Wildman–Crippen MR) is 171 cm³/mol. The molecule has 0 unspecified atom stereocenters. The fourth-order valence-electron chi connectivity index (χ4n) is 5.54. The Morgan fingerprint density at radius 1 is 0.980 bits per heavy atom. The molecule has 2 N–H and O–H groups in total. The Morgan fingerprint density at radius 2 is 1.59 bits per heavy atom. The quantitative estimate of drug-likeness (QED) is 0.0813. The highest BCUT2D eigenvalue weighted by molar-refractivity contribution is 7.99. The van der Waals surface area contributed by atoms with Crippen LogP contribution in [0.5, 0.6) is 5.75 Å². The number of halogens is 6. The Morgan fingerprint density at radius 3 is 2.12 bits per heavy atom. The molecule has 18 heteroatoms. The molecule has 0 aliphatic carbocycles. The van der Waals surface area contributed by atoms with Gasteiger partial charge in [0.1, 0.15) is 10.6 Å². The van der Waals surface area contributed by atoms with Gasteiger partial charge in [-0.05, 0) is 77.7 Å². The van der Waals surface area contributed by atoms with Crippen LogP contribution in [0.2, 0.25) is 0 Å². The van der Waals surface area contributed by atoms with Gasteiger partial charge in [-0.25, -0.2) is 44.7 Å². The second-order valence-corrected chi connectivity index (χ2v) is 15.6. The molecule has 1 aliphatic heterocycles. The number of rotatable bonds is 10. The van der Waals surface area contributed by atoms with Gasteiger partial charge in [0.15, 0.2) is 55.7 Å². The van der Waals surface area contributed by atoms with Crippen LogP contribution < -0.4 is 15.0 Å². The van der Waals surface area contributed by atoms with Gasteiger partial charge < -0.3 is 19.9 Å². The van der Waals surface area contributed by atoms with E-state index in [2.05, 4.69) is 30.4 Å². The largest absolute Gasteiger partial charge is 0.490 e. The number of ether oxygens (including phenoxy) is 1. The highest BCUT2D eigenvalue weighted by Gasteiger charge is 2.45. The van der Waals surface area contributed by atoms with Crippen molar-refractivity contribution in [3.63, 3.8) is 0 Å². The van der Waals surface area contributed by atoms with Crippen molar-refractivity contribution in [2.45, 2.75) is 59.3 Å². The summed E-state index contributed by atoms with van der Waals surface area (Å²) in [5, 5.41) is 10.2. The number of aromatic amines is 1. The van der Waals surface area contributed by atoms with Gasteiger partial charge >= 0.3 is 0 Å². The normalized spacial score (nSPS) is 14.5. The van der Waals surface area contributed by atoms with Crippen LogP contribution in [0.25, 0.3) is 0 Å². The first-order valence-corrected chi connectivity index (χ1v) is 17.2. The van der Waals surface area contributed by atoms with Gasteiger partial charge in [0.25, 0.3) is 0 Å². The van der Waals surface area contributed by atoms with Crippen LogP contribution in [0.4, 0.5) is 43.8 Å². The first kappa shape index (κ1) is 36.3. The van der Waals surface area contributed by atoms with E-state index in [-0.39, 0.29) is 15.9 Å². The fraction of sp³-hybridized carbons (Fsp3) is 0.387. The number of piperidine rings is 1. The number of aromatic nitrogens is 4. The Balaban J connectivity index is 1.51. The third kappa shape index (κ3) is 6.77. The number of benzene rings is 2. The van der Waals surface area contributed by atoms with Gasteiger partial charge in [0.2, 0.25) is 11.6 Å². The predicted octanol–water partition coefficient (Wildman–Crippen LogP) is 6.49. The summed E-state index contributed by atoms with van der Waals surface area (Å²) in [5.41, 5.74) is -0.791. The van der Waals surface area contributed by atoms with Gasteiger partial charge in [0, 0.05) is 30.9 Å². The van der Waals surface area contributed by atoms with E-state index in [0.717, 1.165) is 56.3 Å². The molecule has 0 atom stereocenters. The van der Waals surface area contributed by atoms with Crippen molar-refractivity contribution in [3.05, 3.63) is 70.4 Å². The summed E-state index contributed by atoms with van der Waals surface area (Å²) < 4.78 is 117. The minimum Gasteiger partial charge on any atom is -0.490 e. The van der Waals surface area contributed by atoms with Gasteiger partial charge in [-0.15, -0.1) is 0 Å². The molecule has 1 aliphatic rings. The zero-order valence-electron chi connectivity index (χ0n) is 27.3. The van der Waals surface area contributed by atoms with Crippen LogP contribution in [0, 0.1) is 41.8 Å². The van der Waals surface area contributed by atoms with Gasteiger partial charge in [-0.3, -0.25) is 5.10 Å². The SMILES string of the molecule is COc1c(Nc2cc(C)[nH]n2)nc(Sc2ccc(S(=O)(=O)C(C)(C)c3c(F)c(F)c(F)c(F)c3F)cc2F)nc1N1CCC(N(C)C)CC1. The summed E-state index contributed by atoms with van der Waals surface area (Å²) in [4.78, 5) is 12.5. The number of nitrogens with one attached hydrogen (secondary N) is 2. The maximum atomic E-state index is 15.6. The summed E-state index contributed by atoms with van der Waals surface area (Å²) in [5.74, 6) is -11.3. The summed E-state index contributed by atoms with van der Waals surface area (Å²) in [6.07, 6.45) is 1.69. The van der Waals surface area contributed by atoms with E-state index in [4.69, 9.17) is 4.74 Å². The van der Waals surface area contributed by atoms with E-state index in [1.807, 2.05) is 25.9 Å². The molecule has 0 saturated carbocycles. The smallest absolute Gasteiger partial charge is 0.204 e. The minimum atomic E-state index is -4.94. The standard InChI is InChI=1S/C31H33F6N7O3S2/c1-15-13-20(42-41-15)38-28-27(47-6)29(44-11-9-16(10-12-44)43(4)5)40-30(39-28)48-19-8-7-17(14-18(19)32)49(45,46)31(2,3)21-22(33)24(35)26(37)25(36)23(21)34/h7-8,13-14,16H,9-12H2,1-6H3,(H2,38,39,40,41,42). The fourth-order valence-corrected chi connectivity index (χ4v) is 7.84. The first-order valence-electron chi connectivity index (χ1n) is 14.9. The molecular formula is C31H33F6N7O3S2. The molecular weight excluding hydrogens is 697 g/mol. The molecule has 5 rings (SSSR count). The van der Waals surface area contributed by atoms with E-state index in [1.54, 1.807) is 6.07 Å². The maximum Gasteiger partial charge on any atom is 0.204 e. The van der Waals surface area contributed by atoms with Crippen LogP contribution in [-0.4, -0.2) is 73.8 Å². The van der Waals surface area contributed by atoms with Gasteiger partial charge in [0.05, 0.1) is 22.5 Å². The van der Waals surface area contributed by atoms with E-state index in [1.165, 1.54) is 7.11 Å². The van der Waals surface area contributed by atoms with E-state index in [9.17, 15) is 30.4 Å². The van der Waals surface area contributed by atoms with E-state index < -0.39 is 59.9 Å². The molecule has 3 heterocycles. The van der Waals surface area contributed by atoms with Crippen molar-refractivity contribution < 1.29 is 39.5 Å². The molecule has 2 aromatic carbocycles. The Bertz CT molecular complexity index is 1970. The molecule has 49 heavy (non-hydrogen) atoms. The lowest BCUT2D eigenvalue weighted by Gasteiger charge is -2.36. The highest BCUT2D eigenvalue weighted by Crippen LogP contribution is 2.42. The Labute approximate surface area is 283 Å². The topological polar surface area (TPSA) is 116 Å². The summed E-state index contributed by atoms with van der Waals surface area (Å²) in [6, 6.07) is 4.78. The Hall–Kier alpha value is -4.03. The second-order valence-electron chi connectivity index (χ2n) is 12.1.